The molecule has 0 radical (unpaired) electrons. The van der Waals surface area contributed by atoms with Gasteiger partial charge in [-0.25, -0.2) is 4.79 Å². The standard InChI is InChI=1S/C9H17FN2O3/c10-5-1-2-6-11-9(15)12-7-3-4-8(13)14/h1-7H2,(H,13,14)(H2,11,12,15). The van der Waals surface area contributed by atoms with Gasteiger partial charge in [-0.3, -0.25) is 9.18 Å². The van der Waals surface area contributed by atoms with Gasteiger partial charge in [-0.1, -0.05) is 0 Å². The van der Waals surface area contributed by atoms with E-state index in [0.29, 0.717) is 32.4 Å². The van der Waals surface area contributed by atoms with Gasteiger partial charge in [0.05, 0.1) is 6.67 Å². The molecular weight excluding hydrogens is 203 g/mol. The van der Waals surface area contributed by atoms with Crippen molar-refractivity contribution >= 4 is 12.0 Å². The van der Waals surface area contributed by atoms with Gasteiger partial charge in [-0.15, -0.1) is 0 Å². The quantitative estimate of drug-likeness (QED) is 0.532. The molecule has 0 fully saturated rings. The molecule has 0 aromatic carbocycles. The lowest BCUT2D eigenvalue weighted by Gasteiger charge is -2.05. The zero-order valence-corrected chi connectivity index (χ0v) is 8.59. The fraction of sp³-hybridized carbons (Fsp3) is 0.778. The van der Waals surface area contributed by atoms with Crippen molar-refractivity contribution in [3.8, 4) is 0 Å². The molecule has 2 amide bonds. The van der Waals surface area contributed by atoms with Crippen LogP contribution in [0.25, 0.3) is 0 Å². The molecule has 0 unspecified atom stereocenters. The number of carboxylic acid groups (broad SMARTS) is 1. The first-order valence-electron chi connectivity index (χ1n) is 4.96. The monoisotopic (exact) mass is 220 g/mol. The van der Waals surface area contributed by atoms with Gasteiger partial charge in [0.25, 0.3) is 0 Å². The number of hydrogen-bond donors (Lipinski definition) is 3. The van der Waals surface area contributed by atoms with E-state index in [0.717, 1.165) is 0 Å². The summed E-state index contributed by atoms with van der Waals surface area (Å²) in [5, 5.41) is 13.4. The van der Waals surface area contributed by atoms with E-state index < -0.39 is 5.97 Å². The number of nitrogens with one attached hydrogen (secondary N) is 2. The summed E-state index contributed by atoms with van der Waals surface area (Å²) in [4.78, 5) is 21.1. The SMILES string of the molecule is O=C(O)CCCNC(=O)NCCCCF. The van der Waals surface area contributed by atoms with Crippen molar-refractivity contribution in [2.45, 2.75) is 25.7 Å². The van der Waals surface area contributed by atoms with Crippen LogP contribution in [0.3, 0.4) is 0 Å². The van der Waals surface area contributed by atoms with Gasteiger partial charge >= 0.3 is 12.0 Å². The second-order valence-corrected chi connectivity index (χ2v) is 3.08. The Labute approximate surface area is 88.0 Å². The van der Waals surface area contributed by atoms with Gasteiger partial charge in [0.15, 0.2) is 0 Å². The van der Waals surface area contributed by atoms with Gasteiger partial charge in [0.2, 0.25) is 0 Å². The van der Waals surface area contributed by atoms with E-state index in [1.54, 1.807) is 0 Å². The molecule has 0 aliphatic heterocycles. The van der Waals surface area contributed by atoms with Crippen LogP contribution in [-0.2, 0) is 4.79 Å². The predicted molar refractivity (Wildman–Crippen MR) is 53.5 cm³/mol. The van der Waals surface area contributed by atoms with Gasteiger partial charge in [-0.05, 0) is 19.3 Å². The maximum Gasteiger partial charge on any atom is 0.314 e. The van der Waals surface area contributed by atoms with Crippen molar-refractivity contribution < 1.29 is 19.1 Å². The number of unbranched alkanes of at least 4 members (excludes halogenated alkanes) is 1. The van der Waals surface area contributed by atoms with Crippen LogP contribution in [0.1, 0.15) is 25.7 Å². The van der Waals surface area contributed by atoms with Crippen molar-refractivity contribution in [3.05, 3.63) is 0 Å². The Morgan fingerprint density at radius 2 is 1.67 bits per heavy atom. The number of hydrogen-bond acceptors (Lipinski definition) is 2. The Morgan fingerprint density at radius 3 is 2.20 bits per heavy atom. The van der Waals surface area contributed by atoms with E-state index in [4.69, 9.17) is 5.11 Å². The molecule has 0 saturated carbocycles. The summed E-state index contributed by atoms with van der Waals surface area (Å²) in [6.07, 6.45) is 1.51. The third kappa shape index (κ3) is 10.6. The molecule has 6 heteroatoms. The van der Waals surface area contributed by atoms with E-state index in [-0.39, 0.29) is 19.1 Å². The van der Waals surface area contributed by atoms with Crippen molar-refractivity contribution in [1.82, 2.24) is 10.6 Å². The molecule has 3 N–H and O–H groups in total. The Kier molecular flexibility index (Phi) is 8.42. The molecule has 0 heterocycles. The number of rotatable bonds is 8. The minimum absolute atomic E-state index is 0.0438. The summed E-state index contributed by atoms with van der Waals surface area (Å²) < 4.78 is 11.7. The van der Waals surface area contributed by atoms with Crippen LogP contribution in [0.2, 0.25) is 0 Å². The minimum Gasteiger partial charge on any atom is -0.481 e. The normalized spacial score (nSPS) is 9.67. The van der Waals surface area contributed by atoms with E-state index in [1.165, 1.54) is 0 Å². The number of alkyl halides is 1. The zero-order chi connectivity index (χ0) is 11.5. The molecule has 0 saturated heterocycles. The molecule has 0 aliphatic rings. The molecule has 0 atom stereocenters. The summed E-state index contributed by atoms with van der Waals surface area (Å²) in [7, 11) is 0. The molecule has 0 rings (SSSR count). The largest absolute Gasteiger partial charge is 0.481 e. The fourth-order valence-electron chi connectivity index (χ4n) is 0.925. The highest BCUT2D eigenvalue weighted by molar-refractivity contribution is 5.73. The molecule has 15 heavy (non-hydrogen) atoms. The molecule has 0 bridgehead atoms. The van der Waals surface area contributed by atoms with Crippen LogP contribution in [0, 0.1) is 0 Å². The first kappa shape index (κ1) is 13.7. The summed E-state index contributed by atoms with van der Waals surface area (Å²) in [5.74, 6) is -0.875. The smallest absolute Gasteiger partial charge is 0.314 e. The average Bonchev–Trinajstić information content (AvgIpc) is 2.19. The number of urea groups is 1. The van der Waals surface area contributed by atoms with Crippen LogP contribution in [0.15, 0.2) is 0 Å². The van der Waals surface area contributed by atoms with Crippen LogP contribution < -0.4 is 10.6 Å². The Bertz CT molecular complexity index is 200. The van der Waals surface area contributed by atoms with Crippen LogP contribution in [0.4, 0.5) is 9.18 Å². The summed E-state index contributed by atoms with van der Waals surface area (Å²) in [6.45, 7) is 0.401. The van der Waals surface area contributed by atoms with Crippen LogP contribution >= 0.6 is 0 Å². The van der Waals surface area contributed by atoms with E-state index >= 15 is 0 Å². The van der Waals surface area contributed by atoms with Gasteiger partial charge in [0, 0.05) is 19.5 Å². The highest BCUT2D eigenvalue weighted by Crippen LogP contribution is 1.87. The van der Waals surface area contributed by atoms with Crippen LogP contribution in [0.5, 0.6) is 0 Å². The lowest BCUT2D eigenvalue weighted by molar-refractivity contribution is -0.137. The third-order valence-corrected chi connectivity index (χ3v) is 1.70. The Morgan fingerprint density at radius 1 is 1.07 bits per heavy atom. The van der Waals surface area contributed by atoms with Gasteiger partial charge in [0.1, 0.15) is 0 Å². The minimum atomic E-state index is -0.875. The van der Waals surface area contributed by atoms with Gasteiger partial charge in [-0.2, -0.15) is 0 Å². The zero-order valence-electron chi connectivity index (χ0n) is 8.59. The molecule has 88 valence electrons. The molecule has 5 nitrogen and oxygen atoms in total. The maximum atomic E-state index is 11.7. The summed E-state index contributed by atoms with van der Waals surface area (Å²) >= 11 is 0. The Hall–Kier alpha value is -1.33. The lowest BCUT2D eigenvalue weighted by atomic mass is 10.3. The summed E-state index contributed by atoms with van der Waals surface area (Å²) in [6, 6.07) is -0.334. The number of halogens is 1. The highest BCUT2D eigenvalue weighted by atomic mass is 19.1. The van der Waals surface area contributed by atoms with E-state index in [2.05, 4.69) is 10.6 Å². The lowest BCUT2D eigenvalue weighted by Crippen LogP contribution is -2.36. The number of amides is 2. The molecular formula is C9H17FN2O3. The van der Waals surface area contributed by atoms with E-state index in [9.17, 15) is 14.0 Å². The first-order chi connectivity index (χ1) is 7.16. The van der Waals surface area contributed by atoms with E-state index in [1.807, 2.05) is 0 Å². The maximum absolute atomic E-state index is 11.7. The second-order valence-electron chi connectivity index (χ2n) is 3.08. The van der Waals surface area contributed by atoms with Crippen molar-refractivity contribution in [3.63, 3.8) is 0 Å². The second kappa shape index (κ2) is 9.23. The molecule has 0 aromatic heterocycles. The summed E-state index contributed by atoms with van der Waals surface area (Å²) in [5.41, 5.74) is 0. The number of carboxylic acids is 1. The average molecular weight is 220 g/mol. The fourth-order valence-corrected chi connectivity index (χ4v) is 0.925. The molecule has 0 aromatic rings. The number of aliphatic carboxylic acids is 1. The van der Waals surface area contributed by atoms with Crippen molar-refractivity contribution in [1.29, 1.82) is 0 Å². The molecule has 0 spiro atoms. The van der Waals surface area contributed by atoms with Crippen LogP contribution in [-0.4, -0.2) is 36.9 Å². The number of carbonyl (C=O) groups excluding carboxylic acids is 1. The molecule has 0 aliphatic carbocycles. The Balaban J connectivity index is 3.22. The predicted octanol–water partition coefficient (Wildman–Crippen LogP) is 0.900. The number of carbonyl (C=O) groups is 2. The van der Waals surface area contributed by atoms with Crippen molar-refractivity contribution in [2.75, 3.05) is 19.8 Å². The first-order valence-corrected chi connectivity index (χ1v) is 4.96. The highest BCUT2D eigenvalue weighted by Gasteiger charge is 2.00. The topological polar surface area (TPSA) is 78.4 Å². The van der Waals surface area contributed by atoms with Gasteiger partial charge < -0.3 is 15.7 Å². The third-order valence-electron chi connectivity index (χ3n) is 1.70. The van der Waals surface area contributed by atoms with Crippen molar-refractivity contribution in [2.24, 2.45) is 0 Å².